The fourth-order valence-corrected chi connectivity index (χ4v) is 5.25. The highest BCUT2D eigenvalue weighted by Gasteiger charge is 2.30. The van der Waals surface area contributed by atoms with Gasteiger partial charge in [-0.3, -0.25) is 9.80 Å². The van der Waals surface area contributed by atoms with Gasteiger partial charge in [-0.1, -0.05) is 61.7 Å². The first-order valence-corrected chi connectivity index (χ1v) is 12.6. The Kier molecular flexibility index (Phi) is 8.32. The highest BCUT2D eigenvalue weighted by molar-refractivity contribution is 6.37. The molecule has 6 heteroatoms. The molecule has 0 aliphatic carbocycles. The average Bonchev–Trinajstić information content (AvgIpc) is 2.86. The first-order chi connectivity index (χ1) is 16.5. The highest BCUT2D eigenvalue weighted by Crippen LogP contribution is 2.35. The molecule has 0 saturated carbocycles. The Hall–Kier alpha value is -2.31. The number of hydrogen-bond acceptors (Lipinski definition) is 5. The fourth-order valence-electron chi connectivity index (χ4n) is 4.94. The van der Waals surface area contributed by atoms with E-state index in [0.29, 0.717) is 10.8 Å². The molecule has 3 N–H and O–H groups in total. The van der Waals surface area contributed by atoms with E-state index in [9.17, 15) is 5.11 Å². The summed E-state index contributed by atoms with van der Waals surface area (Å²) in [7, 11) is 1.62. The number of fused-ring (bicyclic) bond motifs is 1. The van der Waals surface area contributed by atoms with Crippen LogP contribution in [0.3, 0.4) is 0 Å². The molecular weight excluding hydrogens is 446 g/mol. The van der Waals surface area contributed by atoms with Crippen molar-refractivity contribution >= 4 is 28.1 Å². The van der Waals surface area contributed by atoms with Crippen LogP contribution < -0.4 is 10.5 Å². The van der Waals surface area contributed by atoms with Crippen LogP contribution in [-0.4, -0.2) is 54.2 Å². The van der Waals surface area contributed by atoms with E-state index in [1.54, 1.807) is 7.11 Å². The van der Waals surface area contributed by atoms with Crippen molar-refractivity contribution in [3.05, 3.63) is 70.7 Å². The number of hydrogen-bond donors (Lipinski definition) is 2. The molecule has 0 radical (unpaired) electrons. The number of nitrogens with two attached hydrogens (primary N) is 1. The number of methoxy groups -OCH3 is 1. The third-order valence-corrected chi connectivity index (χ3v) is 7.37. The zero-order chi connectivity index (χ0) is 24.1. The molecule has 2 atom stereocenters. The lowest BCUT2D eigenvalue weighted by Gasteiger charge is -2.41. The standard InChI is InChI=1S/C28H36ClN3O2/c1-3-4-5-25(32-16-14-31(15-17-32)19-20-6-10-23(30)11-7-20)28(33)22-8-12-24-21(18-22)9-13-26(34-2)27(24)29/h6-13,18,25,28,33H,3-5,14-17,19,30H2,1-2H3/t25-,28-/m1/s1. The summed E-state index contributed by atoms with van der Waals surface area (Å²) in [5.74, 6) is 0.667. The van der Waals surface area contributed by atoms with Crippen LogP contribution in [0.15, 0.2) is 54.6 Å². The molecule has 1 aliphatic heterocycles. The summed E-state index contributed by atoms with van der Waals surface area (Å²) in [5.41, 5.74) is 8.86. The van der Waals surface area contributed by atoms with Crippen molar-refractivity contribution in [2.45, 2.75) is 44.9 Å². The zero-order valence-electron chi connectivity index (χ0n) is 20.2. The van der Waals surface area contributed by atoms with E-state index < -0.39 is 6.10 Å². The van der Waals surface area contributed by atoms with Gasteiger partial charge in [-0.15, -0.1) is 0 Å². The predicted molar refractivity (Wildman–Crippen MR) is 141 cm³/mol. The smallest absolute Gasteiger partial charge is 0.138 e. The lowest BCUT2D eigenvalue weighted by Crippen LogP contribution is -2.51. The number of aliphatic hydroxyl groups excluding tert-OH is 1. The normalized spacial score (nSPS) is 17.1. The molecule has 0 unspecified atom stereocenters. The number of aliphatic hydroxyl groups is 1. The van der Waals surface area contributed by atoms with Crippen LogP contribution in [0.2, 0.25) is 5.02 Å². The Labute approximate surface area is 208 Å². The largest absolute Gasteiger partial charge is 0.495 e. The number of anilines is 1. The van der Waals surface area contributed by atoms with Crippen LogP contribution in [0.4, 0.5) is 5.69 Å². The van der Waals surface area contributed by atoms with Gasteiger partial charge in [0.2, 0.25) is 0 Å². The van der Waals surface area contributed by atoms with Crippen molar-refractivity contribution in [2.75, 3.05) is 39.0 Å². The maximum Gasteiger partial charge on any atom is 0.138 e. The molecule has 1 heterocycles. The second-order valence-corrected chi connectivity index (χ2v) is 9.65. The third kappa shape index (κ3) is 5.66. The molecule has 0 bridgehead atoms. The summed E-state index contributed by atoms with van der Waals surface area (Å²) in [6.07, 6.45) is 2.66. The minimum absolute atomic E-state index is 0.102. The Morgan fingerprint density at radius 3 is 2.44 bits per heavy atom. The molecule has 1 aliphatic rings. The molecule has 3 aromatic carbocycles. The lowest BCUT2D eigenvalue weighted by molar-refractivity contribution is 0.0113. The minimum Gasteiger partial charge on any atom is -0.495 e. The quantitative estimate of drug-likeness (QED) is 0.395. The molecule has 1 saturated heterocycles. The van der Waals surface area contributed by atoms with Gasteiger partial charge in [0.15, 0.2) is 0 Å². The summed E-state index contributed by atoms with van der Waals surface area (Å²) >= 11 is 6.50. The molecular formula is C28H36ClN3O2. The summed E-state index contributed by atoms with van der Waals surface area (Å²) < 4.78 is 5.35. The number of ether oxygens (including phenoxy) is 1. The summed E-state index contributed by atoms with van der Waals surface area (Å²) in [4.78, 5) is 4.96. The number of benzene rings is 3. The molecule has 5 nitrogen and oxygen atoms in total. The first kappa shape index (κ1) is 24.8. The van der Waals surface area contributed by atoms with Gasteiger partial charge in [0.25, 0.3) is 0 Å². The van der Waals surface area contributed by atoms with Gasteiger partial charge < -0.3 is 15.6 Å². The van der Waals surface area contributed by atoms with Crippen molar-refractivity contribution in [1.29, 1.82) is 0 Å². The van der Waals surface area contributed by atoms with Crippen molar-refractivity contribution < 1.29 is 9.84 Å². The second kappa shape index (κ2) is 11.4. The summed E-state index contributed by atoms with van der Waals surface area (Å²) in [5, 5.41) is 14.1. The molecule has 0 amide bonds. The molecule has 182 valence electrons. The topological polar surface area (TPSA) is 62.0 Å². The van der Waals surface area contributed by atoms with E-state index in [2.05, 4.69) is 34.9 Å². The molecule has 4 rings (SSSR count). The summed E-state index contributed by atoms with van der Waals surface area (Å²) in [6, 6.07) is 18.2. The third-order valence-electron chi connectivity index (χ3n) is 6.98. The van der Waals surface area contributed by atoms with Gasteiger partial charge in [-0.05, 0) is 47.2 Å². The van der Waals surface area contributed by atoms with E-state index in [1.165, 1.54) is 5.56 Å². The van der Waals surface area contributed by atoms with E-state index in [-0.39, 0.29) is 6.04 Å². The van der Waals surface area contributed by atoms with Crippen LogP contribution in [0, 0.1) is 0 Å². The minimum atomic E-state index is -0.541. The number of halogens is 1. The number of piperazine rings is 1. The SMILES string of the molecule is CCCC[C@H]([C@H](O)c1ccc2c(Cl)c(OC)ccc2c1)N1CCN(Cc2ccc(N)cc2)CC1. The van der Waals surface area contributed by atoms with Crippen molar-refractivity contribution in [1.82, 2.24) is 9.80 Å². The van der Waals surface area contributed by atoms with Gasteiger partial charge in [-0.25, -0.2) is 0 Å². The van der Waals surface area contributed by atoms with E-state index in [0.717, 1.165) is 74.0 Å². The second-order valence-electron chi connectivity index (χ2n) is 9.27. The lowest BCUT2D eigenvalue weighted by atomic mass is 9.94. The molecule has 0 aromatic heterocycles. The van der Waals surface area contributed by atoms with Gasteiger partial charge in [0.05, 0.1) is 18.2 Å². The van der Waals surface area contributed by atoms with Gasteiger partial charge in [0, 0.05) is 49.8 Å². The van der Waals surface area contributed by atoms with Crippen LogP contribution in [-0.2, 0) is 6.54 Å². The Morgan fingerprint density at radius 1 is 1.03 bits per heavy atom. The van der Waals surface area contributed by atoms with Crippen LogP contribution in [0.1, 0.15) is 43.4 Å². The van der Waals surface area contributed by atoms with E-state index >= 15 is 0 Å². The fraction of sp³-hybridized carbons (Fsp3) is 0.429. The maximum absolute atomic E-state index is 11.5. The van der Waals surface area contributed by atoms with Crippen LogP contribution in [0.5, 0.6) is 5.75 Å². The van der Waals surface area contributed by atoms with Crippen molar-refractivity contribution in [2.24, 2.45) is 0 Å². The zero-order valence-corrected chi connectivity index (χ0v) is 21.0. The maximum atomic E-state index is 11.5. The molecule has 3 aromatic rings. The Morgan fingerprint density at radius 2 is 1.76 bits per heavy atom. The number of nitrogen functional groups attached to an aromatic ring is 1. The number of unbranched alkanes of at least 4 members (excludes halogenated alkanes) is 1. The average molecular weight is 482 g/mol. The van der Waals surface area contributed by atoms with E-state index in [1.807, 2.05) is 36.4 Å². The summed E-state index contributed by atoms with van der Waals surface area (Å²) in [6.45, 7) is 7.04. The molecule has 1 fully saturated rings. The van der Waals surface area contributed by atoms with Gasteiger partial charge in [-0.2, -0.15) is 0 Å². The van der Waals surface area contributed by atoms with Gasteiger partial charge >= 0.3 is 0 Å². The van der Waals surface area contributed by atoms with Crippen molar-refractivity contribution in [3.63, 3.8) is 0 Å². The number of nitrogens with zero attached hydrogens (tertiary/aromatic N) is 2. The van der Waals surface area contributed by atoms with Gasteiger partial charge in [0.1, 0.15) is 5.75 Å². The number of rotatable bonds is 9. The van der Waals surface area contributed by atoms with Crippen molar-refractivity contribution in [3.8, 4) is 5.75 Å². The Balaban J connectivity index is 1.46. The predicted octanol–water partition coefficient (Wildman–Crippen LogP) is 5.49. The molecule has 34 heavy (non-hydrogen) atoms. The van der Waals surface area contributed by atoms with E-state index in [4.69, 9.17) is 22.1 Å². The Bertz CT molecular complexity index is 1080. The molecule has 0 spiro atoms. The van der Waals surface area contributed by atoms with Crippen LogP contribution >= 0.6 is 11.6 Å². The first-order valence-electron chi connectivity index (χ1n) is 12.2. The van der Waals surface area contributed by atoms with Crippen LogP contribution in [0.25, 0.3) is 10.8 Å². The monoisotopic (exact) mass is 481 g/mol. The highest BCUT2D eigenvalue weighted by atomic mass is 35.5.